The summed E-state index contributed by atoms with van der Waals surface area (Å²) < 4.78 is 4.67. The number of carbonyl (C=O) groups excluding carboxylic acids is 1. The number of fused-ring (bicyclic) bond motifs is 1. The van der Waals surface area contributed by atoms with Gasteiger partial charge in [-0.1, -0.05) is 17.7 Å². The van der Waals surface area contributed by atoms with Gasteiger partial charge in [-0.2, -0.15) is 0 Å². The molecule has 0 aromatic heterocycles. The van der Waals surface area contributed by atoms with Gasteiger partial charge in [0, 0.05) is 11.9 Å². The van der Waals surface area contributed by atoms with Gasteiger partial charge in [-0.25, -0.2) is 4.79 Å². The van der Waals surface area contributed by atoms with Crippen LogP contribution in [0.4, 0.5) is 5.69 Å². The van der Waals surface area contributed by atoms with Crippen molar-refractivity contribution < 1.29 is 9.53 Å². The normalized spacial score (nSPS) is 13.2. The van der Waals surface area contributed by atoms with Crippen LogP contribution >= 0.6 is 0 Å². The molecule has 1 aliphatic rings. The number of hydrogen-bond acceptors (Lipinski definition) is 3. The van der Waals surface area contributed by atoms with Gasteiger partial charge in [0.15, 0.2) is 0 Å². The monoisotopic (exact) mass is 215 g/mol. The van der Waals surface area contributed by atoms with Crippen molar-refractivity contribution >= 4 is 17.7 Å². The number of carbonyl (C=O) groups is 1. The van der Waals surface area contributed by atoms with E-state index in [4.69, 9.17) is 0 Å². The molecule has 82 valence electrons. The number of esters is 1. The first kappa shape index (κ1) is 10.5. The third kappa shape index (κ3) is 1.98. The molecular weight excluding hydrogens is 202 g/mol. The van der Waals surface area contributed by atoms with Crippen LogP contribution in [-0.2, 0) is 9.53 Å². The van der Waals surface area contributed by atoms with E-state index in [9.17, 15) is 4.79 Å². The van der Waals surface area contributed by atoms with E-state index in [1.165, 1.54) is 12.7 Å². The molecule has 0 fully saturated rings. The summed E-state index contributed by atoms with van der Waals surface area (Å²) in [7, 11) is 1.37. The summed E-state index contributed by atoms with van der Waals surface area (Å²) in [5, 5.41) is 3.09. The first-order valence-electron chi connectivity index (χ1n) is 5.04. The lowest BCUT2D eigenvalue weighted by atomic mass is 10.1. The lowest BCUT2D eigenvalue weighted by molar-refractivity contribution is -0.135. The Bertz CT molecular complexity index is 487. The van der Waals surface area contributed by atoms with Crippen molar-refractivity contribution in [3.05, 3.63) is 47.2 Å². The molecule has 16 heavy (non-hydrogen) atoms. The summed E-state index contributed by atoms with van der Waals surface area (Å²) in [6, 6.07) is 6.08. The van der Waals surface area contributed by atoms with Gasteiger partial charge < -0.3 is 10.1 Å². The number of aryl methyl sites for hydroxylation is 1. The molecule has 0 saturated heterocycles. The molecule has 0 radical (unpaired) electrons. The number of methoxy groups -OCH3 is 1. The molecule has 1 heterocycles. The first-order valence-corrected chi connectivity index (χ1v) is 5.04. The summed E-state index contributed by atoms with van der Waals surface area (Å²) in [4.78, 5) is 11.4. The van der Waals surface area contributed by atoms with E-state index in [0.29, 0.717) is 5.57 Å². The molecule has 0 spiro atoms. The zero-order chi connectivity index (χ0) is 11.5. The fourth-order valence-corrected chi connectivity index (χ4v) is 1.58. The Hall–Kier alpha value is -2.03. The Balaban J connectivity index is 2.36. The number of hydrogen-bond donors (Lipinski definition) is 1. The lowest BCUT2D eigenvalue weighted by Gasteiger charge is -2.05. The second-order valence-electron chi connectivity index (χ2n) is 3.66. The van der Waals surface area contributed by atoms with Crippen LogP contribution in [0.25, 0.3) is 6.08 Å². The molecule has 3 nitrogen and oxygen atoms in total. The van der Waals surface area contributed by atoms with Crippen LogP contribution < -0.4 is 5.32 Å². The minimum Gasteiger partial charge on any atom is -0.465 e. The van der Waals surface area contributed by atoms with Crippen LogP contribution in [0.5, 0.6) is 0 Å². The van der Waals surface area contributed by atoms with E-state index in [0.717, 1.165) is 11.3 Å². The number of benzene rings is 1. The fraction of sp³-hybridized carbons (Fsp3) is 0.154. The Labute approximate surface area is 94.4 Å². The third-order valence-electron chi connectivity index (χ3n) is 2.45. The van der Waals surface area contributed by atoms with Crippen molar-refractivity contribution in [1.82, 2.24) is 0 Å². The average Bonchev–Trinajstić information content (AvgIpc) is 2.50. The minimum absolute atomic E-state index is 0.340. The van der Waals surface area contributed by atoms with E-state index >= 15 is 0 Å². The Morgan fingerprint density at radius 3 is 2.88 bits per heavy atom. The van der Waals surface area contributed by atoms with Crippen molar-refractivity contribution in [3.8, 4) is 0 Å². The number of rotatable bonds is 1. The van der Waals surface area contributed by atoms with Crippen molar-refractivity contribution in [1.29, 1.82) is 0 Å². The van der Waals surface area contributed by atoms with Gasteiger partial charge >= 0.3 is 5.97 Å². The van der Waals surface area contributed by atoms with Crippen LogP contribution in [-0.4, -0.2) is 13.1 Å². The van der Waals surface area contributed by atoms with Crippen LogP contribution in [0.1, 0.15) is 11.1 Å². The largest absolute Gasteiger partial charge is 0.465 e. The summed E-state index contributed by atoms with van der Waals surface area (Å²) in [5.74, 6) is -0.340. The molecule has 1 N–H and O–H groups in total. The zero-order valence-corrected chi connectivity index (χ0v) is 9.28. The van der Waals surface area contributed by atoms with E-state index in [1.807, 2.05) is 25.1 Å². The average molecular weight is 215 g/mol. The van der Waals surface area contributed by atoms with Gasteiger partial charge in [0.05, 0.1) is 12.7 Å². The highest BCUT2D eigenvalue weighted by atomic mass is 16.5. The fourth-order valence-electron chi connectivity index (χ4n) is 1.58. The van der Waals surface area contributed by atoms with Gasteiger partial charge in [-0.3, -0.25) is 0 Å². The minimum atomic E-state index is -0.340. The predicted molar refractivity (Wildman–Crippen MR) is 63.9 cm³/mol. The van der Waals surface area contributed by atoms with E-state index in [-0.39, 0.29) is 5.97 Å². The molecule has 0 bridgehead atoms. The smallest absolute Gasteiger partial charge is 0.339 e. The number of nitrogens with one attached hydrogen (secondary N) is 1. The molecule has 0 atom stereocenters. The zero-order valence-electron chi connectivity index (χ0n) is 9.28. The predicted octanol–water partition coefficient (Wildman–Crippen LogP) is 2.49. The van der Waals surface area contributed by atoms with E-state index in [1.54, 1.807) is 12.3 Å². The molecule has 3 heteroatoms. The Morgan fingerprint density at radius 1 is 1.31 bits per heavy atom. The maximum absolute atomic E-state index is 11.4. The van der Waals surface area contributed by atoms with Gasteiger partial charge in [0.25, 0.3) is 0 Å². The standard InChI is InChI=1S/C13H13NO2/c1-9-3-6-12-10(7-9)4-5-11(8-14-12)13(15)16-2/h3-8,14H,1-2H3. The Kier molecular flexibility index (Phi) is 2.77. The lowest BCUT2D eigenvalue weighted by Crippen LogP contribution is -2.03. The molecular formula is C13H13NO2. The van der Waals surface area contributed by atoms with Gasteiger partial charge in [-0.05, 0) is 30.7 Å². The second-order valence-corrected chi connectivity index (χ2v) is 3.66. The molecule has 0 aliphatic carbocycles. The summed E-state index contributed by atoms with van der Waals surface area (Å²) >= 11 is 0. The van der Waals surface area contributed by atoms with Crippen molar-refractivity contribution in [3.63, 3.8) is 0 Å². The summed E-state index contributed by atoms with van der Waals surface area (Å²) in [6.45, 7) is 2.04. The highest BCUT2D eigenvalue weighted by Crippen LogP contribution is 2.22. The topological polar surface area (TPSA) is 38.3 Å². The van der Waals surface area contributed by atoms with Gasteiger partial charge in [0.2, 0.25) is 0 Å². The first-order chi connectivity index (χ1) is 7.70. The van der Waals surface area contributed by atoms with Crippen LogP contribution in [0.15, 0.2) is 36.0 Å². The van der Waals surface area contributed by atoms with Crippen LogP contribution in [0.2, 0.25) is 0 Å². The van der Waals surface area contributed by atoms with Gasteiger partial charge in [0.1, 0.15) is 0 Å². The van der Waals surface area contributed by atoms with E-state index < -0.39 is 0 Å². The highest BCUT2D eigenvalue weighted by molar-refractivity contribution is 5.94. The quantitative estimate of drug-likeness (QED) is 0.731. The number of anilines is 1. The van der Waals surface area contributed by atoms with Crippen molar-refractivity contribution in [2.24, 2.45) is 0 Å². The van der Waals surface area contributed by atoms with Crippen molar-refractivity contribution in [2.75, 3.05) is 12.4 Å². The third-order valence-corrected chi connectivity index (χ3v) is 2.45. The van der Waals surface area contributed by atoms with Crippen LogP contribution in [0, 0.1) is 6.92 Å². The molecule has 0 saturated carbocycles. The molecule has 0 unspecified atom stereocenters. The molecule has 0 amide bonds. The maximum Gasteiger partial charge on any atom is 0.339 e. The van der Waals surface area contributed by atoms with Crippen molar-refractivity contribution in [2.45, 2.75) is 6.92 Å². The summed E-state index contributed by atoms with van der Waals surface area (Å²) in [6.07, 6.45) is 5.32. The second kappa shape index (κ2) is 4.23. The number of ether oxygens (including phenoxy) is 1. The SMILES string of the molecule is COC(=O)C1=CNc2ccc(C)cc2C=C1. The highest BCUT2D eigenvalue weighted by Gasteiger charge is 2.09. The maximum atomic E-state index is 11.4. The van der Waals surface area contributed by atoms with Crippen LogP contribution in [0.3, 0.4) is 0 Å². The molecule has 2 rings (SSSR count). The molecule has 1 aromatic carbocycles. The Morgan fingerprint density at radius 2 is 2.12 bits per heavy atom. The summed E-state index contributed by atoms with van der Waals surface area (Å²) in [5.41, 5.74) is 3.75. The van der Waals surface area contributed by atoms with E-state index in [2.05, 4.69) is 16.1 Å². The molecule has 1 aliphatic heterocycles. The molecule has 1 aromatic rings. The van der Waals surface area contributed by atoms with Gasteiger partial charge in [-0.15, -0.1) is 0 Å².